The molecular formula is C11H24O2Si. The summed E-state index contributed by atoms with van der Waals surface area (Å²) in [7, 11) is -1.61. The first-order valence-corrected chi connectivity index (χ1v) is 8.06. The van der Waals surface area contributed by atoms with Crippen LogP contribution >= 0.6 is 0 Å². The molecule has 0 aromatic heterocycles. The normalized spacial score (nSPS) is 16.2. The van der Waals surface area contributed by atoms with Crippen molar-refractivity contribution in [2.45, 2.75) is 51.9 Å². The Morgan fingerprint density at radius 2 is 1.86 bits per heavy atom. The smallest absolute Gasteiger partial charge is 0.192 e. The van der Waals surface area contributed by atoms with Crippen LogP contribution in [0.5, 0.6) is 0 Å². The molecule has 0 saturated carbocycles. The number of aliphatic hydroxyl groups excluding tert-OH is 1. The fourth-order valence-electron chi connectivity index (χ4n) is 0.725. The third-order valence-electron chi connectivity index (χ3n) is 2.76. The predicted molar refractivity (Wildman–Crippen MR) is 64.0 cm³/mol. The van der Waals surface area contributed by atoms with Crippen LogP contribution in [0.4, 0.5) is 0 Å². The summed E-state index contributed by atoms with van der Waals surface area (Å²) < 4.78 is 5.89. The van der Waals surface area contributed by atoms with Crippen LogP contribution in [-0.2, 0) is 4.43 Å². The van der Waals surface area contributed by atoms with E-state index in [-0.39, 0.29) is 11.1 Å². The van der Waals surface area contributed by atoms with Crippen LogP contribution in [0.2, 0.25) is 18.1 Å². The number of rotatable bonds is 4. The summed E-state index contributed by atoms with van der Waals surface area (Å²) in [5.41, 5.74) is 0. The summed E-state index contributed by atoms with van der Waals surface area (Å²) in [4.78, 5) is 0. The predicted octanol–water partition coefficient (Wildman–Crippen LogP) is 2.95. The van der Waals surface area contributed by atoms with E-state index in [9.17, 15) is 0 Å². The van der Waals surface area contributed by atoms with Crippen LogP contribution in [0.3, 0.4) is 0 Å². The molecule has 0 rings (SSSR count). The summed E-state index contributed by atoms with van der Waals surface area (Å²) >= 11 is 0. The van der Waals surface area contributed by atoms with Gasteiger partial charge in [-0.05, 0) is 25.1 Å². The van der Waals surface area contributed by atoms with Crippen molar-refractivity contribution in [3.05, 3.63) is 12.2 Å². The van der Waals surface area contributed by atoms with Crippen molar-refractivity contribution in [1.82, 2.24) is 0 Å². The van der Waals surface area contributed by atoms with Gasteiger partial charge in [-0.3, -0.25) is 0 Å². The third-order valence-corrected chi connectivity index (χ3v) is 7.26. The first-order chi connectivity index (χ1) is 6.17. The summed E-state index contributed by atoms with van der Waals surface area (Å²) in [6.45, 7) is 13.5. The minimum absolute atomic E-state index is 0.256. The van der Waals surface area contributed by atoms with Gasteiger partial charge in [-0.25, -0.2) is 0 Å². The molecule has 1 atom stereocenters. The zero-order chi connectivity index (χ0) is 11.4. The Hall–Kier alpha value is -0.123. The van der Waals surface area contributed by atoms with Gasteiger partial charge < -0.3 is 9.53 Å². The fraction of sp³-hybridized carbons (Fsp3) is 0.818. The highest BCUT2D eigenvalue weighted by atomic mass is 28.4. The minimum atomic E-state index is -1.61. The molecular weight excluding hydrogens is 192 g/mol. The lowest BCUT2D eigenvalue weighted by Crippen LogP contribution is -2.40. The molecule has 1 N–H and O–H groups in total. The molecule has 0 saturated heterocycles. The van der Waals surface area contributed by atoms with Crippen molar-refractivity contribution >= 4 is 8.32 Å². The Morgan fingerprint density at radius 3 is 2.21 bits per heavy atom. The Bertz CT molecular complexity index is 190. The quantitative estimate of drug-likeness (QED) is 0.578. The van der Waals surface area contributed by atoms with E-state index in [0.717, 1.165) is 0 Å². The van der Waals surface area contributed by atoms with Crippen LogP contribution in [0, 0.1) is 0 Å². The first-order valence-electron chi connectivity index (χ1n) is 5.15. The molecule has 2 nitrogen and oxygen atoms in total. The van der Waals surface area contributed by atoms with Gasteiger partial charge in [0.2, 0.25) is 0 Å². The number of hydrogen-bond donors (Lipinski definition) is 1. The van der Waals surface area contributed by atoms with Crippen molar-refractivity contribution in [1.29, 1.82) is 0 Å². The molecule has 0 fully saturated rings. The van der Waals surface area contributed by atoms with E-state index in [4.69, 9.17) is 9.53 Å². The largest absolute Gasteiger partial charge is 0.413 e. The van der Waals surface area contributed by atoms with E-state index in [2.05, 4.69) is 33.9 Å². The van der Waals surface area contributed by atoms with Gasteiger partial charge in [0.25, 0.3) is 0 Å². The lowest BCUT2D eigenvalue weighted by atomic mass is 10.2. The van der Waals surface area contributed by atoms with Gasteiger partial charge in [0.15, 0.2) is 8.32 Å². The molecule has 0 bridgehead atoms. The SMILES string of the molecule is CC(O)/C=C\CO[Si](C)(C)C(C)(C)C. The molecule has 0 aliphatic carbocycles. The van der Waals surface area contributed by atoms with Gasteiger partial charge >= 0.3 is 0 Å². The van der Waals surface area contributed by atoms with E-state index in [1.165, 1.54) is 0 Å². The average molecular weight is 216 g/mol. The molecule has 14 heavy (non-hydrogen) atoms. The van der Waals surface area contributed by atoms with Crippen LogP contribution in [0.15, 0.2) is 12.2 Å². The highest BCUT2D eigenvalue weighted by Gasteiger charge is 2.36. The highest BCUT2D eigenvalue weighted by Crippen LogP contribution is 2.36. The maximum atomic E-state index is 9.01. The van der Waals surface area contributed by atoms with Crippen molar-refractivity contribution < 1.29 is 9.53 Å². The van der Waals surface area contributed by atoms with Crippen LogP contribution < -0.4 is 0 Å². The van der Waals surface area contributed by atoms with Crippen molar-refractivity contribution in [2.75, 3.05) is 6.61 Å². The fourth-order valence-corrected chi connectivity index (χ4v) is 1.67. The van der Waals surface area contributed by atoms with Gasteiger partial charge in [0.05, 0.1) is 12.7 Å². The lowest BCUT2D eigenvalue weighted by Gasteiger charge is -2.35. The molecule has 0 radical (unpaired) electrons. The van der Waals surface area contributed by atoms with Gasteiger partial charge in [0, 0.05) is 0 Å². The molecule has 0 aromatic carbocycles. The third kappa shape index (κ3) is 4.93. The second kappa shape index (κ2) is 5.10. The summed E-state index contributed by atoms with van der Waals surface area (Å²) in [6, 6.07) is 0. The Balaban J connectivity index is 4.01. The maximum absolute atomic E-state index is 9.01. The maximum Gasteiger partial charge on any atom is 0.192 e. The van der Waals surface area contributed by atoms with Crippen LogP contribution in [-0.4, -0.2) is 26.1 Å². The van der Waals surface area contributed by atoms with E-state index in [0.29, 0.717) is 6.61 Å². The lowest BCUT2D eigenvalue weighted by molar-refractivity contribution is 0.242. The van der Waals surface area contributed by atoms with E-state index in [1.807, 2.05) is 6.08 Å². The van der Waals surface area contributed by atoms with Crippen molar-refractivity contribution in [2.24, 2.45) is 0 Å². The molecule has 0 aliphatic rings. The van der Waals surface area contributed by atoms with E-state index >= 15 is 0 Å². The van der Waals surface area contributed by atoms with Gasteiger partial charge in [-0.2, -0.15) is 0 Å². The Labute approximate surface area is 89.1 Å². The van der Waals surface area contributed by atoms with Crippen molar-refractivity contribution in [3.8, 4) is 0 Å². The molecule has 0 amide bonds. The minimum Gasteiger partial charge on any atom is -0.413 e. The summed E-state index contributed by atoms with van der Waals surface area (Å²) in [5.74, 6) is 0. The van der Waals surface area contributed by atoms with Crippen molar-refractivity contribution in [3.63, 3.8) is 0 Å². The molecule has 3 heteroatoms. The molecule has 0 heterocycles. The number of hydrogen-bond acceptors (Lipinski definition) is 2. The molecule has 1 unspecified atom stereocenters. The second-order valence-electron chi connectivity index (χ2n) is 5.24. The van der Waals surface area contributed by atoms with Crippen LogP contribution in [0.25, 0.3) is 0 Å². The zero-order valence-corrected chi connectivity index (χ0v) is 11.3. The van der Waals surface area contributed by atoms with Gasteiger partial charge in [0.1, 0.15) is 0 Å². The topological polar surface area (TPSA) is 29.5 Å². The molecule has 84 valence electrons. The monoisotopic (exact) mass is 216 g/mol. The standard InChI is InChI=1S/C11H24O2Si/c1-10(12)8-7-9-13-14(5,6)11(2,3)4/h7-8,10,12H,9H2,1-6H3/b8-7-. The van der Waals surface area contributed by atoms with Crippen LogP contribution in [0.1, 0.15) is 27.7 Å². The molecule has 0 aromatic rings. The second-order valence-corrected chi connectivity index (χ2v) is 10.0. The Morgan fingerprint density at radius 1 is 1.36 bits per heavy atom. The highest BCUT2D eigenvalue weighted by molar-refractivity contribution is 6.74. The number of aliphatic hydroxyl groups is 1. The van der Waals surface area contributed by atoms with Gasteiger partial charge in [-0.1, -0.05) is 32.9 Å². The van der Waals surface area contributed by atoms with E-state index < -0.39 is 8.32 Å². The van der Waals surface area contributed by atoms with E-state index in [1.54, 1.807) is 13.0 Å². The zero-order valence-electron chi connectivity index (χ0n) is 10.3. The average Bonchev–Trinajstić information content (AvgIpc) is 1.95. The summed E-state index contributed by atoms with van der Waals surface area (Å²) in [6.07, 6.45) is 3.27. The first kappa shape index (κ1) is 13.9. The molecule has 0 aliphatic heterocycles. The summed E-state index contributed by atoms with van der Waals surface area (Å²) in [5, 5.41) is 9.27. The Kier molecular flexibility index (Phi) is 5.05. The van der Waals surface area contributed by atoms with Gasteiger partial charge in [-0.15, -0.1) is 0 Å². The molecule has 0 spiro atoms.